The molecule has 172 valence electrons. The van der Waals surface area contributed by atoms with Gasteiger partial charge < -0.3 is 0 Å². The zero-order chi connectivity index (χ0) is 23.1. The number of hydrogen-bond acceptors (Lipinski definition) is 4. The molecule has 0 atom stereocenters. The summed E-state index contributed by atoms with van der Waals surface area (Å²) in [5.41, 5.74) is 4.77. The average molecular weight is 540 g/mol. The number of aliphatic imine (C=N–C) groups is 2. The SMILES string of the molecule is CC(C)(C)c1ccccc1N=C1SCCSC1=Nc1ccccc1C(C)(C)C.[Cl][Ni][Cl]. The van der Waals surface area contributed by atoms with Crippen LogP contribution in [0.1, 0.15) is 52.7 Å². The molecule has 0 spiro atoms. The Hall–Kier alpha value is -0.446. The van der Waals surface area contributed by atoms with Crippen molar-refractivity contribution in [2.24, 2.45) is 9.98 Å². The number of rotatable bonds is 2. The zero-order valence-electron chi connectivity index (χ0n) is 18.8. The Balaban J connectivity index is 0.00000107. The van der Waals surface area contributed by atoms with Crippen LogP contribution in [0.4, 0.5) is 11.4 Å². The number of para-hydroxylation sites is 2. The van der Waals surface area contributed by atoms with Crippen LogP contribution in [-0.2, 0) is 23.5 Å². The summed E-state index contributed by atoms with van der Waals surface area (Å²) in [5, 5.41) is 2.08. The molecule has 0 unspecified atom stereocenters. The van der Waals surface area contributed by atoms with E-state index in [1.807, 2.05) is 23.5 Å². The Morgan fingerprint density at radius 3 is 1.32 bits per heavy atom. The van der Waals surface area contributed by atoms with E-state index >= 15 is 0 Å². The van der Waals surface area contributed by atoms with Crippen molar-refractivity contribution in [1.82, 2.24) is 0 Å². The van der Waals surface area contributed by atoms with Gasteiger partial charge in [0.15, 0.2) is 0 Å². The van der Waals surface area contributed by atoms with Crippen LogP contribution in [-0.4, -0.2) is 21.6 Å². The third-order valence-corrected chi connectivity index (χ3v) is 6.93. The second-order valence-corrected chi connectivity index (χ2v) is 12.9. The number of hydrogen-bond donors (Lipinski definition) is 0. The normalized spacial score (nSPS) is 17.5. The van der Waals surface area contributed by atoms with E-state index in [-0.39, 0.29) is 10.8 Å². The van der Waals surface area contributed by atoms with Gasteiger partial charge in [0.25, 0.3) is 0 Å². The van der Waals surface area contributed by atoms with Gasteiger partial charge in [-0.1, -0.05) is 77.9 Å². The van der Waals surface area contributed by atoms with E-state index in [4.69, 9.17) is 30.4 Å². The summed E-state index contributed by atoms with van der Waals surface area (Å²) in [5.74, 6) is 2.14. The predicted octanol–water partition coefficient (Wildman–Crippen LogP) is 8.90. The summed E-state index contributed by atoms with van der Waals surface area (Å²) in [6.07, 6.45) is 0. The van der Waals surface area contributed by atoms with Crippen molar-refractivity contribution < 1.29 is 12.7 Å². The third-order valence-electron chi connectivity index (χ3n) is 4.61. The van der Waals surface area contributed by atoms with Crippen molar-refractivity contribution >= 4 is 65.4 Å². The van der Waals surface area contributed by atoms with Gasteiger partial charge in [0.05, 0.1) is 11.4 Å². The van der Waals surface area contributed by atoms with Crippen LogP contribution >= 0.6 is 43.9 Å². The van der Waals surface area contributed by atoms with E-state index in [1.54, 1.807) is 0 Å². The van der Waals surface area contributed by atoms with Gasteiger partial charge in [-0.3, -0.25) is 0 Å². The van der Waals surface area contributed by atoms with E-state index in [1.165, 1.54) is 11.1 Å². The summed E-state index contributed by atoms with van der Waals surface area (Å²) in [4.78, 5) is 10.2. The molecule has 1 aliphatic rings. The van der Waals surface area contributed by atoms with E-state index < -0.39 is 0 Å². The van der Waals surface area contributed by atoms with E-state index in [2.05, 4.69) is 90.1 Å². The summed E-state index contributed by atoms with van der Waals surface area (Å²) >= 11 is 4.20. The summed E-state index contributed by atoms with van der Waals surface area (Å²) in [6, 6.07) is 16.9. The number of thioether (sulfide) groups is 2. The minimum atomic E-state index is 0.0588. The van der Waals surface area contributed by atoms with Crippen molar-refractivity contribution in [3.05, 3.63) is 59.7 Å². The van der Waals surface area contributed by atoms with Crippen molar-refractivity contribution in [2.45, 2.75) is 52.4 Å². The molecule has 0 radical (unpaired) electrons. The van der Waals surface area contributed by atoms with Gasteiger partial charge in [-0.2, -0.15) is 0 Å². The van der Waals surface area contributed by atoms with Gasteiger partial charge in [0, 0.05) is 11.5 Å². The molecule has 0 aliphatic carbocycles. The maximum atomic E-state index is 5.08. The van der Waals surface area contributed by atoms with Crippen LogP contribution in [0.25, 0.3) is 0 Å². The molecule has 7 heteroatoms. The third kappa shape index (κ3) is 8.12. The fourth-order valence-electron chi connectivity index (χ4n) is 3.19. The topological polar surface area (TPSA) is 24.7 Å². The summed E-state index contributed by atoms with van der Waals surface area (Å²) in [6.45, 7) is 13.4. The molecule has 1 saturated heterocycles. The first-order valence-corrected chi connectivity index (χ1v) is 14.7. The van der Waals surface area contributed by atoms with E-state index in [9.17, 15) is 0 Å². The Kier molecular flexibility index (Phi) is 10.5. The molecule has 2 aromatic rings. The number of benzene rings is 2. The Labute approximate surface area is 210 Å². The Bertz CT molecular complexity index is 856. The van der Waals surface area contributed by atoms with Crippen molar-refractivity contribution in [2.75, 3.05) is 11.5 Å². The molecule has 0 N–H and O–H groups in total. The monoisotopic (exact) mass is 538 g/mol. The van der Waals surface area contributed by atoms with Crippen molar-refractivity contribution in [3.8, 4) is 0 Å². The molecule has 0 amide bonds. The van der Waals surface area contributed by atoms with Gasteiger partial charge in [-0.05, 0) is 34.1 Å². The first-order chi connectivity index (χ1) is 14.6. The van der Waals surface area contributed by atoms with E-state index in [0.29, 0.717) is 12.7 Å². The average Bonchev–Trinajstić information content (AvgIpc) is 2.69. The van der Waals surface area contributed by atoms with Crippen LogP contribution in [0, 0.1) is 0 Å². The second-order valence-electron chi connectivity index (χ2n) is 9.11. The van der Waals surface area contributed by atoms with Crippen LogP contribution in [0.5, 0.6) is 0 Å². The minimum absolute atomic E-state index is 0.0588. The fourth-order valence-corrected chi connectivity index (χ4v) is 5.26. The quantitative estimate of drug-likeness (QED) is 0.356. The van der Waals surface area contributed by atoms with Crippen LogP contribution < -0.4 is 0 Å². The standard InChI is InChI=1S/C24H30N2S2.2ClH.Ni/c1-23(2,3)17-11-7-9-13-19(17)25-21-22(28-16-15-27-21)26-20-14-10-8-12-18(20)24(4,5)6;;;/h7-14H,15-16H2,1-6H3;2*1H;/q;;;+2/p-2. The number of nitrogens with zero attached hydrogens (tertiary/aromatic N) is 2. The molecule has 3 rings (SSSR count). The van der Waals surface area contributed by atoms with Gasteiger partial charge in [-0.15, -0.1) is 23.5 Å². The van der Waals surface area contributed by atoms with Crippen molar-refractivity contribution in [1.29, 1.82) is 0 Å². The second kappa shape index (κ2) is 12.1. The van der Waals surface area contributed by atoms with Gasteiger partial charge in [-0.25, -0.2) is 9.98 Å². The molecule has 31 heavy (non-hydrogen) atoms. The number of halogens is 2. The molecule has 0 saturated carbocycles. The molecular formula is C24H30Cl2N2NiS2. The molecule has 2 nitrogen and oxygen atoms in total. The zero-order valence-corrected chi connectivity index (χ0v) is 22.9. The molecule has 0 aromatic heterocycles. The predicted molar refractivity (Wildman–Crippen MR) is 141 cm³/mol. The van der Waals surface area contributed by atoms with E-state index in [0.717, 1.165) is 33.0 Å². The molecule has 1 heterocycles. The van der Waals surface area contributed by atoms with Gasteiger partial charge in [0.1, 0.15) is 10.1 Å². The Morgan fingerprint density at radius 2 is 1.00 bits per heavy atom. The summed E-state index contributed by atoms with van der Waals surface area (Å²) in [7, 11) is 9.40. The first kappa shape index (κ1) is 26.8. The Morgan fingerprint density at radius 1 is 0.677 bits per heavy atom. The van der Waals surface area contributed by atoms with Crippen LogP contribution in [0.15, 0.2) is 58.5 Å². The summed E-state index contributed by atoms with van der Waals surface area (Å²) < 4.78 is 0. The first-order valence-electron chi connectivity index (χ1n) is 10.0. The van der Waals surface area contributed by atoms with Crippen LogP contribution in [0.3, 0.4) is 0 Å². The van der Waals surface area contributed by atoms with Gasteiger partial charge >= 0.3 is 33.0 Å². The molecule has 1 aliphatic heterocycles. The fraction of sp³-hybridized carbons (Fsp3) is 0.417. The molecule has 0 bridgehead atoms. The molecule has 2 aromatic carbocycles. The van der Waals surface area contributed by atoms with Crippen LogP contribution in [0.2, 0.25) is 0 Å². The molecular weight excluding hydrogens is 510 g/mol. The molecule has 1 fully saturated rings. The maximum absolute atomic E-state index is 5.08. The van der Waals surface area contributed by atoms with Crippen molar-refractivity contribution in [3.63, 3.8) is 0 Å². The van der Waals surface area contributed by atoms with Gasteiger partial charge in [0.2, 0.25) is 0 Å².